The molecule has 3 rings (SSSR count). The van der Waals surface area contributed by atoms with Gasteiger partial charge in [0.1, 0.15) is 28.5 Å². The average Bonchev–Trinajstić information content (AvgIpc) is 2.68. The summed E-state index contributed by atoms with van der Waals surface area (Å²) < 4.78 is 18.4. The Morgan fingerprint density at radius 1 is 1.06 bits per heavy atom. The van der Waals surface area contributed by atoms with Gasteiger partial charge in [0.15, 0.2) is 0 Å². The molecule has 0 aliphatic carbocycles. The Balaban J connectivity index is 2.25. The average molecular weight is 429 g/mol. The molecule has 0 saturated carbocycles. The van der Waals surface area contributed by atoms with Crippen molar-refractivity contribution in [3.05, 3.63) is 79.9 Å². The molecule has 0 aliphatic rings. The van der Waals surface area contributed by atoms with Gasteiger partial charge < -0.3 is 25.7 Å². The van der Waals surface area contributed by atoms with E-state index >= 15 is 0 Å². The van der Waals surface area contributed by atoms with E-state index in [0.29, 0.717) is 0 Å². The Morgan fingerprint density at radius 3 is 2.23 bits per heavy atom. The highest BCUT2D eigenvalue weighted by molar-refractivity contribution is 6.07. The first-order valence-corrected chi connectivity index (χ1v) is 8.34. The van der Waals surface area contributed by atoms with Gasteiger partial charge in [-0.05, 0) is 35.9 Å². The number of nitro groups is 1. The summed E-state index contributed by atoms with van der Waals surface area (Å²) in [6.45, 7) is 0. The Bertz CT molecular complexity index is 1280. The molecule has 2 aromatic carbocycles. The number of carboxylic acids is 2. The van der Waals surface area contributed by atoms with Crippen LogP contribution >= 0.6 is 0 Å². The molecule has 0 radical (unpaired) electrons. The second-order valence-corrected chi connectivity index (χ2v) is 6.10. The molecule has 158 valence electrons. The normalized spacial score (nSPS) is 10.5. The lowest BCUT2D eigenvalue weighted by molar-refractivity contribution is -0.385. The van der Waals surface area contributed by atoms with Crippen molar-refractivity contribution < 1.29 is 33.9 Å². The number of nitrogen functional groups attached to an aromatic ring is 1. The van der Waals surface area contributed by atoms with E-state index in [9.17, 15) is 39.1 Å². The number of ether oxygens (including phenoxy) is 1. The Labute approximate surface area is 171 Å². The van der Waals surface area contributed by atoms with E-state index in [-0.39, 0.29) is 17.1 Å². The van der Waals surface area contributed by atoms with Crippen LogP contribution in [-0.2, 0) is 0 Å². The van der Waals surface area contributed by atoms with Gasteiger partial charge in [-0.2, -0.15) is 0 Å². The predicted octanol–water partition coefficient (Wildman–Crippen LogP) is 2.86. The molecule has 0 atom stereocenters. The monoisotopic (exact) mass is 429 g/mol. The van der Waals surface area contributed by atoms with E-state index in [2.05, 4.69) is 0 Å². The quantitative estimate of drug-likeness (QED) is 0.337. The molecule has 1 heterocycles. The van der Waals surface area contributed by atoms with Crippen molar-refractivity contribution >= 4 is 23.4 Å². The number of nitrogens with zero attached hydrogens (tertiary/aromatic N) is 1. The number of aromatic amines is 1. The van der Waals surface area contributed by atoms with Crippen molar-refractivity contribution in [2.45, 2.75) is 0 Å². The van der Waals surface area contributed by atoms with Crippen molar-refractivity contribution in [1.82, 2.24) is 4.98 Å². The lowest BCUT2D eigenvalue weighted by Crippen LogP contribution is -2.24. The van der Waals surface area contributed by atoms with Crippen molar-refractivity contribution in [3.63, 3.8) is 0 Å². The molecule has 0 spiro atoms. The van der Waals surface area contributed by atoms with Crippen LogP contribution in [0.2, 0.25) is 0 Å². The first kappa shape index (κ1) is 21.0. The van der Waals surface area contributed by atoms with Gasteiger partial charge in [0, 0.05) is 11.6 Å². The van der Waals surface area contributed by atoms with Crippen molar-refractivity contribution in [2.75, 3.05) is 5.73 Å². The zero-order chi connectivity index (χ0) is 22.9. The minimum atomic E-state index is -1.76. The van der Waals surface area contributed by atoms with E-state index < -0.39 is 56.4 Å². The van der Waals surface area contributed by atoms with Gasteiger partial charge in [0.2, 0.25) is 5.75 Å². The first-order valence-electron chi connectivity index (χ1n) is 8.34. The number of aromatic carboxylic acids is 2. The number of hydrogen-bond donors (Lipinski definition) is 4. The van der Waals surface area contributed by atoms with Crippen molar-refractivity contribution in [1.29, 1.82) is 0 Å². The highest BCUT2D eigenvalue weighted by Crippen LogP contribution is 2.37. The molecule has 0 unspecified atom stereocenters. The molecule has 0 aliphatic heterocycles. The molecule has 0 bridgehead atoms. The summed E-state index contributed by atoms with van der Waals surface area (Å²) in [4.78, 5) is 48.0. The van der Waals surface area contributed by atoms with Crippen LogP contribution < -0.4 is 16.0 Å². The van der Waals surface area contributed by atoms with Crippen LogP contribution in [0.1, 0.15) is 20.7 Å². The minimum Gasteiger partial charge on any atom is -0.478 e. The summed E-state index contributed by atoms with van der Waals surface area (Å²) in [5, 5.41) is 30.4. The van der Waals surface area contributed by atoms with Crippen molar-refractivity contribution in [3.8, 4) is 22.6 Å². The Kier molecular flexibility index (Phi) is 5.38. The molecule has 1 aromatic heterocycles. The predicted molar refractivity (Wildman–Crippen MR) is 104 cm³/mol. The molecule has 31 heavy (non-hydrogen) atoms. The number of aromatic nitrogens is 1. The van der Waals surface area contributed by atoms with Crippen molar-refractivity contribution in [2.24, 2.45) is 0 Å². The number of nitro benzene ring substituents is 1. The summed E-state index contributed by atoms with van der Waals surface area (Å²) in [5.74, 6) is -4.78. The highest BCUT2D eigenvalue weighted by Gasteiger charge is 2.28. The lowest BCUT2D eigenvalue weighted by Gasteiger charge is -2.13. The fourth-order valence-corrected chi connectivity index (χ4v) is 2.87. The smallest absolute Gasteiger partial charge is 0.342 e. The molecule has 3 aromatic rings. The second-order valence-electron chi connectivity index (χ2n) is 6.10. The Morgan fingerprint density at radius 2 is 1.68 bits per heavy atom. The molecule has 0 saturated heterocycles. The minimum absolute atomic E-state index is 0.0788. The van der Waals surface area contributed by atoms with Crippen LogP contribution in [0.25, 0.3) is 11.1 Å². The standard InChI is InChI=1S/C19H12FN3O8/c20-9-2-4-10(5-3-9)31-12-6-1-8(7-11(12)23(29)30)13-14(18(25)26)16(21)22-17(24)15(13)19(27)28/h1-7H,(H,25,26)(H,27,28)(H3,21,22,24). The number of carboxylic acid groups (broad SMARTS) is 2. The van der Waals surface area contributed by atoms with Gasteiger partial charge in [-0.25, -0.2) is 14.0 Å². The number of halogens is 1. The SMILES string of the molecule is Nc1[nH]c(=O)c(C(=O)O)c(-c2ccc(Oc3ccc(F)cc3)c([N+](=O)[O-])c2)c1C(=O)O. The Hall–Kier alpha value is -4.74. The molecule has 5 N–H and O–H groups in total. The summed E-state index contributed by atoms with van der Waals surface area (Å²) >= 11 is 0. The highest BCUT2D eigenvalue weighted by atomic mass is 19.1. The number of rotatable bonds is 6. The first-order chi connectivity index (χ1) is 14.6. The number of nitrogens with two attached hydrogens (primary N) is 1. The van der Waals surface area contributed by atoms with E-state index in [1.165, 1.54) is 12.1 Å². The molecule has 0 fully saturated rings. The molecular formula is C19H12FN3O8. The maximum Gasteiger partial charge on any atom is 0.342 e. The molecular weight excluding hydrogens is 417 g/mol. The van der Waals surface area contributed by atoms with E-state index in [1.54, 1.807) is 0 Å². The summed E-state index contributed by atoms with van der Waals surface area (Å²) in [6, 6.07) is 7.70. The topological polar surface area (TPSA) is 186 Å². The number of H-pyrrole nitrogens is 1. The lowest BCUT2D eigenvalue weighted by atomic mass is 9.95. The number of nitrogens with one attached hydrogen (secondary N) is 1. The van der Waals surface area contributed by atoms with Crippen LogP contribution in [0.3, 0.4) is 0 Å². The van der Waals surface area contributed by atoms with Crippen LogP contribution in [0.15, 0.2) is 47.3 Å². The van der Waals surface area contributed by atoms with Crippen LogP contribution in [0.4, 0.5) is 15.9 Å². The largest absolute Gasteiger partial charge is 0.478 e. The number of benzene rings is 2. The second kappa shape index (κ2) is 7.94. The van der Waals surface area contributed by atoms with Gasteiger partial charge in [-0.1, -0.05) is 6.07 Å². The number of pyridine rings is 1. The number of hydrogen-bond acceptors (Lipinski definition) is 7. The zero-order valence-electron chi connectivity index (χ0n) is 15.3. The van der Waals surface area contributed by atoms with E-state index in [1.807, 2.05) is 4.98 Å². The van der Waals surface area contributed by atoms with Gasteiger partial charge >= 0.3 is 17.6 Å². The van der Waals surface area contributed by atoms with Crippen LogP contribution in [0, 0.1) is 15.9 Å². The van der Waals surface area contributed by atoms with Crippen LogP contribution in [-0.4, -0.2) is 32.1 Å². The summed E-state index contributed by atoms with van der Waals surface area (Å²) in [6.07, 6.45) is 0. The zero-order valence-corrected chi connectivity index (χ0v) is 15.3. The summed E-state index contributed by atoms with van der Waals surface area (Å²) in [7, 11) is 0. The van der Waals surface area contributed by atoms with E-state index in [0.717, 1.165) is 30.3 Å². The summed E-state index contributed by atoms with van der Waals surface area (Å²) in [5.41, 5.74) is 1.17. The maximum atomic E-state index is 13.0. The third-order valence-electron chi connectivity index (χ3n) is 4.16. The van der Waals surface area contributed by atoms with Gasteiger partial charge in [-0.3, -0.25) is 14.9 Å². The third kappa shape index (κ3) is 4.03. The fourth-order valence-electron chi connectivity index (χ4n) is 2.87. The van der Waals surface area contributed by atoms with Crippen LogP contribution in [0.5, 0.6) is 11.5 Å². The third-order valence-corrected chi connectivity index (χ3v) is 4.16. The van der Waals surface area contributed by atoms with Gasteiger partial charge in [0.25, 0.3) is 5.56 Å². The molecule has 11 nitrogen and oxygen atoms in total. The van der Waals surface area contributed by atoms with Gasteiger partial charge in [-0.15, -0.1) is 0 Å². The fraction of sp³-hybridized carbons (Fsp3) is 0. The van der Waals surface area contributed by atoms with E-state index in [4.69, 9.17) is 10.5 Å². The number of carbonyl (C=O) groups is 2. The maximum absolute atomic E-state index is 13.0. The van der Waals surface area contributed by atoms with Gasteiger partial charge in [0.05, 0.1) is 4.92 Å². The number of anilines is 1. The molecule has 0 amide bonds. The molecule has 12 heteroatoms.